The second kappa shape index (κ2) is 5.21. The maximum atomic E-state index is 10.3. The van der Waals surface area contributed by atoms with Crippen molar-refractivity contribution in [3.05, 3.63) is 0 Å². The molecule has 0 saturated carbocycles. The number of rotatable bonds is 3. The van der Waals surface area contributed by atoms with Gasteiger partial charge in [0, 0.05) is 0 Å². The molecule has 7 heteroatoms. The van der Waals surface area contributed by atoms with E-state index in [1.165, 1.54) is 6.92 Å². The minimum atomic E-state index is -3.41. The molecular weight excluding hydrogens is 349 g/mol. The van der Waals surface area contributed by atoms with Crippen LogP contribution >= 0.6 is 38.5 Å². The topological polar surface area (TPSA) is 26.3 Å². The number of hydrogen-bond donors (Lipinski definition) is 0. The number of ether oxygens (including phenoxy) is 1. The van der Waals surface area contributed by atoms with Gasteiger partial charge in [-0.05, 0) is 0 Å². The van der Waals surface area contributed by atoms with Gasteiger partial charge in [0.15, 0.2) is 0 Å². The number of hydrogen-bond acceptors (Lipinski definition) is 2. The van der Waals surface area contributed by atoms with Crippen molar-refractivity contribution < 1.29 is 9.53 Å². The molecule has 0 spiro atoms. The van der Waals surface area contributed by atoms with Gasteiger partial charge in [-0.25, -0.2) is 0 Å². The van der Waals surface area contributed by atoms with E-state index in [9.17, 15) is 4.79 Å². The van der Waals surface area contributed by atoms with Crippen molar-refractivity contribution in [3.63, 3.8) is 0 Å². The number of esters is 1. The van der Waals surface area contributed by atoms with Crippen LogP contribution in [0.25, 0.3) is 0 Å². The summed E-state index contributed by atoms with van der Waals surface area (Å²) in [5.74, 6) is -0.423. The Labute approximate surface area is 85.1 Å². The van der Waals surface area contributed by atoms with Crippen LogP contribution in [0.2, 0.25) is 0 Å². The Kier molecular flexibility index (Phi) is 5.89. The van der Waals surface area contributed by atoms with Crippen LogP contribution in [0.4, 0.5) is 0 Å². The predicted octanol–water partition coefficient (Wildman–Crippen LogP) is 2.35. The minimum absolute atomic E-state index is 0.0193. The molecule has 0 amide bonds. The second-order valence-corrected chi connectivity index (χ2v) is 20.1. The van der Waals surface area contributed by atoms with Crippen molar-refractivity contribution >= 4 is 59.3 Å². The summed E-state index contributed by atoms with van der Waals surface area (Å²) in [4.78, 5) is 10.3. The van der Waals surface area contributed by atoms with E-state index < -0.39 is 24.2 Å². The Balaban J connectivity index is 3.70. The fourth-order valence-electron chi connectivity index (χ4n) is 0.260. The van der Waals surface area contributed by atoms with Gasteiger partial charge in [0.1, 0.15) is 0 Å². The molecule has 0 heterocycles. The van der Waals surface area contributed by atoms with Gasteiger partial charge in [0.25, 0.3) is 0 Å². The number of halogens is 4. The summed E-state index contributed by atoms with van der Waals surface area (Å²) in [6, 6.07) is 0. The molecule has 0 aliphatic carbocycles. The van der Waals surface area contributed by atoms with Gasteiger partial charge in [0.2, 0.25) is 0 Å². The Morgan fingerprint density at radius 2 is 2.00 bits per heavy atom. The molecule has 0 aliphatic heterocycles. The zero-order valence-electron chi connectivity index (χ0n) is 5.52. The quantitative estimate of drug-likeness (QED) is 0.441. The molecule has 0 aromatic heterocycles. The van der Waals surface area contributed by atoms with E-state index in [0.717, 1.165) is 0 Å². The fraction of sp³-hybridized carbons (Fsp3) is 0.750. The average molecular weight is 356 g/mol. The SMILES string of the molecule is CC(=O)OCC(Cl)[Te](Cl)(Cl)Cl. The first-order valence-electron chi connectivity index (χ1n) is 2.52. The van der Waals surface area contributed by atoms with Crippen LogP contribution in [0.5, 0.6) is 0 Å². The molecule has 0 fully saturated rings. The number of alkyl halides is 1. The molecule has 68 valence electrons. The zero-order chi connectivity index (χ0) is 9.07. The Hall–Kier alpha value is 1.42. The molecule has 0 saturated heterocycles. The molecule has 0 aromatic rings. The van der Waals surface area contributed by atoms with Gasteiger partial charge in [-0.15, -0.1) is 0 Å². The first kappa shape index (κ1) is 12.4. The van der Waals surface area contributed by atoms with E-state index in [2.05, 4.69) is 4.74 Å². The fourth-order valence-corrected chi connectivity index (χ4v) is 1.99. The van der Waals surface area contributed by atoms with E-state index in [4.69, 9.17) is 38.5 Å². The van der Waals surface area contributed by atoms with Gasteiger partial charge >= 0.3 is 85.8 Å². The van der Waals surface area contributed by atoms with E-state index in [1.807, 2.05) is 0 Å². The molecule has 0 aliphatic rings. The van der Waals surface area contributed by atoms with Crippen molar-refractivity contribution in [1.29, 1.82) is 0 Å². The third kappa shape index (κ3) is 6.57. The zero-order valence-corrected chi connectivity index (χ0v) is 10.9. The monoisotopic (exact) mass is 356 g/mol. The third-order valence-corrected chi connectivity index (χ3v) is 10.8. The van der Waals surface area contributed by atoms with Crippen LogP contribution in [0.15, 0.2) is 0 Å². The molecule has 2 nitrogen and oxygen atoms in total. The average Bonchev–Trinajstić information content (AvgIpc) is 1.80. The standard InChI is InChI=1S/C4H6Cl4O2Te/c1-3(9)10-2-4(5)11(6,7)8/h4H,2H2,1H3. The summed E-state index contributed by atoms with van der Waals surface area (Å²) >= 11 is 2.20. The molecule has 0 aromatic carbocycles. The molecule has 0 N–H and O–H groups in total. The molecule has 0 bridgehead atoms. The van der Waals surface area contributed by atoms with Gasteiger partial charge in [-0.2, -0.15) is 0 Å². The Morgan fingerprint density at radius 1 is 1.55 bits per heavy atom. The first-order valence-corrected chi connectivity index (χ1v) is 13.2. The number of carbonyl (C=O) groups excluding carboxylic acids is 1. The molecule has 1 atom stereocenters. The number of carbonyl (C=O) groups is 1. The first-order chi connectivity index (χ1) is 4.84. The van der Waals surface area contributed by atoms with E-state index in [0.29, 0.717) is 0 Å². The van der Waals surface area contributed by atoms with Crippen LogP contribution in [0, 0.1) is 0 Å². The van der Waals surface area contributed by atoms with Crippen LogP contribution in [-0.4, -0.2) is 30.8 Å². The summed E-state index contributed by atoms with van der Waals surface area (Å²) in [6.07, 6.45) is 0. The maximum absolute atomic E-state index is 10.3. The summed E-state index contributed by atoms with van der Waals surface area (Å²) in [5, 5.41) is 0. The third-order valence-electron chi connectivity index (χ3n) is 0.708. The van der Waals surface area contributed by atoms with E-state index in [1.54, 1.807) is 0 Å². The van der Waals surface area contributed by atoms with Gasteiger partial charge in [-0.3, -0.25) is 0 Å². The van der Waals surface area contributed by atoms with Gasteiger partial charge < -0.3 is 0 Å². The normalized spacial score (nSPS) is 15.7. The van der Waals surface area contributed by atoms with Crippen LogP contribution < -0.4 is 0 Å². The van der Waals surface area contributed by atoms with E-state index in [-0.39, 0.29) is 6.61 Å². The van der Waals surface area contributed by atoms with Crippen molar-refractivity contribution in [3.8, 4) is 0 Å². The van der Waals surface area contributed by atoms with Crippen LogP contribution in [0.3, 0.4) is 0 Å². The summed E-state index contributed by atoms with van der Waals surface area (Å²) < 4.78 is 3.92. The van der Waals surface area contributed by atoms with Gasteiger partial charge in [0.05, 0.1) is 0 Å². The van der Waals surface area contributed by atoms with Crippen LogP contribution in [-0.2, 0) is 9.53 Å². The molecule has 0 radical (unpaired) electrons. The summed E-state index contributed by atoms with van der Waals surface area (Å²) in [7, 11) is 16.7. The Bertz CT molecular complexity index is 146. The predicted molar refractivity (Wildman–Crippen MR) is 49.6 cm³/mol. The molecule has 1 unspecified atom stereocenters. The summed E-state index contributed by atoms with van der Waals surface area (Å²) in [5.41, 5.74) is 0. The van der Waals surface area contributed by atoms with Crippen LogP contribution in [0.1, 0.15) is 6.92 Å². The van der Waals surface area contributed by atoms with Gasteiger partial charge in [-0.1, -0.05) is 0 Å². The summed E-state index contributed by atoms with van der Waals surface area (Å²) in [6.45, 7) is 1.25. The van der Waals surface area contributed by atoms with Crippen molar-refractivity contribution in [2.45, 2.75) is 10.3 Å². The van der Waals surface area contributed by atoms with Crippen molar-refractivity contribution in [2.24, 2.45) is 0 Å². The van der Waals surface area contributed by atoms with E-state index >= 15 is 0 Å². The Morgan fingerprint density at radius 3 is 2.27 bits per heavy atom. The van der Waals surface area contributed by atoms with Crippen molar-refractivity contribution in [1.82, 2.24) is 0 Å². The molecular formula is C4H6Cl4O2Te. The molecule has 0 rings (SSSR count). The molecule has 11 heavy (non-hydrogen) atoms. The van der Waals surface area contributed by atoms with Crippen molar-refractivity contribution in [2.75, 3.05) is 6.61 Å². The second-order valence-electron chi connectivity index (χ2n) is 1.65.